The van der Waals surface area contributed by atoms with E-state index < -0.39 is 5.41 Å². The molecule has 0 aliphatic carbocycles. The second-order valence-corrected chi connectivity index (χ2v) is 8.95. The van der Waals surface area contributed by atoms with Crippen LogP contribution < -0.4 is 5.69 Å². The van der Waals surface area contributed by atoms with Crippen LogP contribution in [0, 0.1) is 16.7 Å². The number of nitriles is 1. The van der Waals surface area contributed by atoms with Crippen molar-refractivity contribution in [3.8, 4) is 17.6 Å². The van der Waals surface area contributed by atoms with Gasteiger partial charge in [-0.2, -0.15) is 5.26 Å². The summed E-state index contributed by atoms with van der Waals surface area (Å²) in [7, 11) is 0. The summed E-state index contributed by atoms with van der Waals surface area (Å²) in [6.45, 7) is 6.08. The number of amides is 1. The highest BCUT2D eigenvalue weighted by atomic mass is 16.3. The predicted octanol–water partition coefficient (Wildman–Crippen LogP) is 2.64. The Bertz CT molecular complexity index is 1320. The smallest absolute Gasteiger partial charge is 0.336 e. The summed E-state index contributed by atoms with van der Waals surface area (Å²) in [5, 5.41) is 21.1. The maximum absolute atomic E-state index is 13.3. The molecule has 3 aromatic rings. The Hall–Kier alpha value is -3.60. The zero-order valence-electron chi connectivity index (χ0n) is 17.0. The SMILES string of the molecule is CC(C)(C)C(=O)N1C[C@@H]2C[C@H]1c1c(O)n(-c3ccc(C#N)c4ncccc34)c(=O)n12. The van der Waals surface area contributed by atoms with Crippen LogP contribution in [-0.4, -0.2) is 36.6 Å². The van der Waals surface area contributed by atoms with Crippen LogP contribution in [0.3, 0.4) is 0 Å². The van der Waals surface area contributed by atoms with Crippen LogP contribution >= 0.6 is 0 Å². The topological polar surface area (TPSA) is 104 Å². The van der Waals surface area contributed by atoms with Gasteiger partial charge in [-0.15, -0.1) is 0 Å². The normalized spacial score (nSPS) is 19.9. The van der Waals surface area contributed by atoms with Gasteiger partial charge in [0, 0.05) is 23.5 Å². The van der Waals surface area contributed by atoms with E-state index in [2.05, 4.69) is 11.1 Å². The van der Waals surface area contributed by atoms with E-state index in [-0.39, 0.29) is 29.6 Å². The van der Waals surface area contributed by atoms with Crippen molar-refractivity contribution in [2.24, 2.45) is 5.41 Å². The number of carbonyl (C=O) groups excluding carboxylic acids is 1. The molecule has 1 amide bonds. The molecular weight excluding hydrogens is 382 g/mol. The molecule has 8 nitrogen and oxygen atoms in total. The Morgan fingerprint density at radius 2 is 2.07 bits per heavy atom. The van der Waals surface area contributed by atoms with Gasteiger partial charge in [-0.3, -0.25) is 14.3 Å². The fourth-order valence-corrected chi connectivity index (χ4v) is 4.76. The number of fused-ring (bicyclic) bond motifs is 6. The highest BCUT2D eigenvalue weighted by molar-refractivity contribution is 5.91. The zero-order chi connectivity index (χ0) is 21.4. The predicted molar refractivity (Wildman–Crippen MR) is 109 cm³/mol. The molecule has 152 valence electrons. The second kappa shape index (κ2) is 5.95. The van der Waals surface area contributed by atoms with Gasteiger partial charge in [-0.25, -0.2) is 9.36 Å². The second-order valence-electron chi connectivity index (χ2n) is 8.95. The molecule has 1 N–H and O–H groups in total. The van der Waals surface area contributed by atoms with Crippen LogP contribution in [0.1, 0.15) is 50.5 Å². The third kappa shape index (κ3) is 2.29. The van der Waals surface area contributed by atoms with Crippen LogP contribution in [0.4, 0.5) is 0 Å². The summed E-state index contributed by atoms with van der Waals surface area (Å²) in [4.78, 5) is 32.3. The van der Waals surface area contributed by atoms with E-state index in [1.807, 2.05) is 20.8 Å². The maximum Gasteiger partial charge on any atom is 0.336 e. The van der Waals surface area contributed by atoms with E-state index in [0.717, 1.165) is 0 Å². The monoisotopic (exact) mass is 403 g/mol. The highest BCUT2D eigenvalue weighted by Gasteiger charge is 2.50. The van der Waals surface area contributed by atoms with Crippen molar-refractivity contribution in [2.75, 3.05) is 6.54 Å². The number of benzene rings is 1. The van der Waals surface area contributed by atoms with E-state index in [9.17, 15) is 20.0 Å². The van der Waals surface area contributed by atoms with Crippen LogP contribution in [0.5, 0.6) is 5.88 Å². The first kappa shape index (κ1) is 18.4. The molecule has 0 radical (unpaired) electrons. The van der Waals surface area contributed by atoms with Crippen molar-refractivity contribution in [1.29, 1.82) is 5.26 Å². The minimum Gasteiger partial charge on any atom is -0.493 e. The van der Waals surface area contributed by atoms with Crippen molar-refractivity contribution >= 4 is 16.8 Å². The van der Waals surface area contributed by atoms with E-state index >= 15 is 0 Å². The molecule has 1 aromatic carbocycles. The average Bonchev–Trinajstić information content (AvgIpc) is 3.37. The quantitative estimate of drug-likeness (QED) is 0.673. The number of carbonyl (C=O) groups is 1. The number of nitrogens with zero attached hydrogens (tertiary/aromatic N) is 5. The fourth-order valence-electron chi connectivity index (χ4n) is 4.76. The molecule has 8 heteroatoms. The molecule has 2 atom stereocenters. The highest BCUT2D eigenvalue weighted by Crippen LogP contribution is 2.49. The Balaban J connectivity index is 1.70. The number of hydrogen-bond acceptors (Lipinski definition) is 5. The third-order valence-electron chi connectivity index (χ3n) is 6.07. The van der Waals surface area contributed by atoms with Gasteiger partial charge in [0.25, 0.3) is 0 Å². The van der Waals surface area contributed by atoms with Gasteiger partial charge in [-0.05, 0) is 30.7 Å². The van der Waals surface area contributed by atoms with Gasteiger partial charge in [0.2, 0.25) is 11.8 Å². The minimum atomic E-state index is -0.539. The van der Waals surface area contributed by atoms with Crippen LogP contribution in [0.15, 0.2) is 35.3 Å². The Morgan fingerprint density at radius 1 is 1.30 bits per heavy atom. The lowest BCUT2D eigenvalue weighted by Gasteiger charge is -2.32. The molecule has 4 heterocycles. The average molecular weight is 403 g/mol. The molecule has 0 saturated carbocycles. The van der Waals surface area contributed by atoms with Crippen molar-refractivity contribution in [1.82, 2.24) is 19.0 Å². The molecule has 2 aliphatic heterocycles. The first-order valence-corrected chi connectivity index (χ1v) is 9.89. The molecule has 0 spiro atoms. The number of rotatable bonds is 1. The van der Waals surface area contributed by atoms with Gasteiger partial charge >= 0.3 is 5.69 Å². The number of imidazole rings is 1. The van der Waals surface area contributed by atoms with Crippen molar-refractivity contribution in [3.63, 3.8) is 0 Å². The molecular formula is C22H21N5O3. The lowest BCUT2D eigenvalue weighted by molar-refractivity contribution is -0.141. The molecule has 1 saturated heterocycles. The molecule has 5 rings (SSSR count). The number of pyridine rings is 1. The van der Waals surface area contributed by atoms with E-state index in [1.54, 1.807) is 39.9 Å². The van der Waals surface area contributed by atoms with E-state index in [4.69, 9.17) is 0 Å². The molecule has 2 aliphatic rings. The summed E-state index contributed by atoms with van der Waals surface area (Å²) in [5.74, 6) is -0.150. The molecule has 1 fully saturated rings. The van der Waals surface area contributed by atoms with Crippen molar-refractivity contribution in [3.05, 3.63) is 52.2 Å². The van der Waals surface area contributed by atoms with Gasteiger partial charge in [0.05, 0.1) is 28.9 Å². The maximum atomic E-state index is 13.3. The Kier molecular flexibility index (Phi) is 3.66. The van der Waals surface area contributed by atoms with E-state index in [0.29, 0.717) is 40.8 Å². The van der Waals surface area contributed by atoms with Crippen LogP contribution in [0.25, 0.3) is 16.6 Å². The van der Waals surface area contributed by atoms with Gasteiger partial charge in [0.15, 0.2) is 0 Å². The summed E-state index contributed by atoms with van der Waals surface area (Å²) in [5.41, 5.74) is 0.943. The fraction of sp³-hybridized carbons (Fsp3) is 0.364. The summed E-state index contributed by atoms with van der Waals surface area (Å²) in [6, 6.07) is 8.39. The first-order chi connectivity index (χ1) is 14.2. The van der Waals surface area contributed by atoms with Crippen LogP contribution in [-0.2, 0) is 4.79 Å². The summed E-state index contributed by atoms with van der Waals surface area (Å²) in [6.07, 6.45) is 2.22. The summed E-state index contributed by atoms with van der Waals surface area (Å²) < 4.78 is 2.89. The Morgan fingerprint density at radius 3 is 2.77 bits per heavy atom. The lowest BCUT2D eigenvalue weighted by atomic mass is 9.94. The number of aromatic hydroxyl groups is 1. The number of hydrogen-bond donors (Lipinski definition) is 1. The molecule has 2 aromatic heterocycles. The summed E-state index contributed by atoms with van der Waals surface area (Å²) >= 11 is 0. The Labute approximate surface area is 172 Å². The van der Waals surface area contributed by atoms with E-state index in [1.165, 1.54) is 4.57 Å². The molecule has 2 bridgehead atoms. The lowest BCUT2D eigenvalue weighted by Crippen LogP contribution is -2.43. The van der Waals surface area contributed by atoms with Gasteiger partial charge < -0.3 is 10.0 Å². The third-order valence-corrected chi connectivity index (χ3v) is 6.07. The minimum absolute atomic E-state index is 0.00821. The van der Waals surface area contributed by atoms with Crippen LogP contribution in [0.2, 0.25) is 0 Å². The van der Waals surface area contributed by atoms with Crippen molar-refractivity contribution in [2.45, 2.75) is 39.3 Å². The number of likely N-dealkylation sites (tertiary alicyclic amines) is 1. The van der Waals surface area contributed by atoms with Gasteiger partial charge in [0.1, 0.15) is 11.8 Å². The first-order valence-electron chi connectivity index (χ1n) is 9.89. The molecule has 0 unspecified atom stereocenters. The largest absolute Gasteiger partial charge is 0.493 e. The standard InChI is InChI=1S/C22H21N5O3/c1-22(2,3)20(29)25-11-13-9-16(25)18-19(28)27(21(30)26(13)18)15-7-6-12(10-23)17-14(15)5-4-8-24-17/h4-8,13,16,28H,9,11H2,1-3H3/t13-,16-/m0/s1. The molecule has 30 heavy (non-hydrogen) atoms. The zero-order valence-corrected chi connectivity index (χ0v) is 17.0. The number of aromatic nitrogens is 3. The van der Waals surface area contributed by atoms with Crippen molar-refractivity contribution < 1.29 is 9.90 Å². The van der Waals surface area contributed by atoms with Gasteiger partial charge in [-0.1, -0.05) is 20.8 Å².